The predicted octanol–water partition coefficient (Wildman–Crippen LogP) is 2.03. The van der Waals surface area contributed by atoms with E-state index in [0.29, 0.717) is 11.8 Å². The van der Waals surface area contributed by atoms with Crippen LogP contribution in [-0.4, -0.2) is 46.6 Å². The SMILES string of the molecule is CSC1CCN(C(=O)NCc2ccc(C(=O)O)cc2)C1. The van der Waals surface area contributed by atoms with E-state index in [4.69, 9.17) is 5.11 Å². The van der Waals surface area contributed by atoms with Gasteiger partial charge >= 0.3 is 12.0 Å². The van der Waals surface area contributed by atoms with E-state index >= 15 is 0 Å². The smallest absolute Gasteiger partial charge is 0.335 e. The lowest BCUT2D eigenvalue weighted by atomic mass is 10.1. The maximum atomic E-state index is 12.0. The van der Waals surface area contributed by atoms with Crippen molar-refractivity contribution in [3.63, 3.8) is 0 Å². The van der Waals surface area contributed by atoms with Gasteiger partial charge in [-0.3, -0.25) is 0 Å². The number of urea groups is 1. The fraction of sp³-hybridized carbons (Fsp3) is 0.429. The molecule has 5 nitrogen and oxygen atoms in total. The highest BCUT2D eigenvalue weighted by Gasteiger charge is 2.25. The maximum absolute atomic E-state index is 12.0. The molecule has 1 aromatic carbocycles. The standard InChI is InChI=1S/C14H18N2O3S/c1-20-12-6-7-16(9-12)14(19)15-8-10-2-4-11(5-3-10)13(17)18/h2-5,12H,6-9H2,1H3,(H,15,19)(H,17,18). The Labute approximate surface area is 122 Å². The molecule has 0 aliphatic carbocycles. The van der Waals surface area contributed by atoms with Crippen molar-refractivity contribution >= 4 is 23.8 Å². The summed E-state index contributed by atoms with van der Waals surface area (Å²) in [5, 5.41) is 12.2. The molecule has 1 unspecified atom stereocenters. The monoisotopic (exact) mass is 294 g/mol. The van der Waals surface area contributed by atoms with Gasteiger partial charge in [-0.25, -0.2) is 9.59 Å². The van der Waals surface area contributed by atoms with Gasteiger partial charge in [0.05, 0.1) is 5.56 Å². The quantitative estimate of drug-likeness (QED) is 0.891. The van der Waals surface area contributed by atoms with Gasteiger partial charge in [-0.15, -0.1) is 0 Å². The van der Waals surface area contributed by atoms with Crippen LogP contribution in [0.3, 0.4) is 0 Å². The Morgan fingerprint density at radius 2 is 2.10 bits per heavy atom. The molecule has 2 amide bonds. The van der Waals surface area contributed by atoms with Crippen molar-refractivity contribution in [3.8, 4) is 0 Å². The first-order valence-electron chi connectivity index (χ1n) is 6.48. The van der Waals surface area contributed by atoms with Gasteiger partial charge in [-0.05, 0) is 30.4 Å². The zero-order chi connectivity index (χ0) is 14.5. The highest BCUT2D eigenvalue weighted by atomic mass is 32.2. The molecule has 1 fully saturated rings. The van der Waals surface area contributed by atoms with Crippen molar-refractivity contribution in [2.45, 2.75) is 18.2 Å². The topological polar surface area (TPSA) is 69.6 Å². The van der Waals surface area contributed by atoms with Crippen LogP contribution in [0.1, 0.15) is 22.3 Å². The maximum Gasteiger partial charge on any atom is 0.335 e. The number of carbonyl (C=O) groups excluding carboxylic acids is 1. The van der Waals surface area contributed by atoms with E-state index < -0.39 is 5.97 Å². The van der Waals surface area contributed by atoms with E-state index in [0.717, 1.165) is 25.1 Å². The number of carbonyl (C=O) groups is 2. The molecule has 6 heteroatoms. The van der Waals surface area contributed by atoms with Crippen LogP contribution < -0.4 is 5.32 Å². The normalized spacial score (nSPS) is 18.1. The molecule has 2 N–H and O–H groups in total. The van der Waals surface area contributed by atoms with Crippen molar-refractivity contribution in [1.29, 1.82) is 0 Å². The highest BCUT2D eigenvalue weighted by Crippen LogP contribution is 2.19. The summed E-state index contributed by atoms with van der Waals surface area (Å²) in [4.78, 5) is 24.5. The summed E-state index contributed by atoms with van der Waals surface area (Å²) >= 11 is 1.80. The van der Waals surface area contributed by atoms with Crippen LogP contribution >= 0.6 is 11.8 Å². The Bertz CT molecular complexity index is 490. The van der Waals surface area contributed by atoms with Crippen LogP contribution in [0.2, 0.25) is 0 Å². The number of rotatable bonds is 4. The lowest BCUT2D eigenvalue weighted by molar-refractivity contribution is 0.0697. The molecule has 20 heavy (non-hydrogen) atoms. The molecule has 1 heterocycles. The van der Waals surface area contributed by atoms with Crippen LogP contribution in [0.4, 0.5) is 4.79 Å². The number of nitrogens with zero attached hydrogens (tertiary/aromatic N) is 1. The largest absolute Gasteiger partial charge is 0.478 e. The predicted molar refractivity (Wildman–Crippen MR) is 79.1 cm³/mol. The van der Waals surface area contributed by atoms with Gasteiger partial charge in [0.15, 0.2) is 0 Å². The molecule has 0 radical (unpaired) electrons. The molecular formula is C14H18N2O3S. The first-order valence-corrected chi connectivity index (χ1v) is 7.76. The van der Waals surface area contributed by atoms with Crippen LogP contribution in [0.5, 0.6) is 0 Å². The van der Waals surface area contributed by atoms with E-state index in [2.05, 4.69) is 11.6 Å². The molecule has 0 saturated carbocycles. The van der Waals surface area contributed by atoms with Crippen molar-refractivity contribution in [2.75, 3.05) is 19.3 Å². The second kappa shape index (κ2) is 6.65. The number of benzene rings is 1. The zero-order valence-corrected chi connectivity index (χ0v) is 12.2. The summed E-state index contributed by atoms with van der Waals surface area (Å²) in [5.41, 5.74) is 1.14. The minimum Gasteiger partial charge on any atom is -0.478 e. The number of carboxylic acid groups (broad SMARTS) is 1. The second-order valence-electron chi connectivity index (χ2n) is 4.75. The van der Waals surface area contributed by atoms with Gasteiger partial charge in [0.25, 0.3) is 0 Å². The Kier molecular flexibility index (Phi) is 4.89. The molecule has 108 valence electrons. The molecule has 1 aliphatic rings. The number of hydrogen-bond acceptors (Lipinski definition) is 3. The van der Waals surface area contributed by atoms with Crippen LogP contribution in [0.25, 0.3) is 0 Å². The van der Waals surface area contributed by atoms with Gasteiger partial charge in [0.1, 0.15) is 0 Å². The molecule has 1 atom stereocenters. The summed E-state index contributed by atoms with van der Waals surface area (Å²) < 4.78 is 0. The minimum atomic E-state index is -0.944. The summed E-state index contributed by atoms with van der Waals surface area (Å²) in [6.45, 7) is 2.01. The van der Waals surface area contributed by atoms with Gasteiger partial charge in [-0.2, -0.15) is 11.8 Å². The second-order valence-corrected chi connectivity index (χ2v) is 5.89. The van der Waals surface area contributed by atoms with Crippen LogP contribution in [0, 0.1) is 0 Å². The number of hydrogen-bond donors (Lipinski definition) is 2. The number of likely N-dealkylation sites (tertiary alicyclic amines) is 1. The zero-order valence-electron chi connectivity index (χ0n) is 11.3. The number of thioether (sulfide) groups is 1. The Hall–Kier alpha value is -1.69. The number of carboxylic acids is 1. The van der Waals surface area contributed by atoms with Crippen LogP contribution in [-0.2, 0) is 6.54 Å². The van der Waals surface area contributed by atoms with Crippen molar-refractivity contribution in [2.24, 2.45) is 0 Å². The lowest BCUT2D eigenvalue weighted by Crippen LogP contribution is -2.38. The van der Waals surface area contributed by atoms with E-state index in [9.17, 15) is 9.59 Å². The Morgan fingerprint density at radius 1 is 1.40 bits per heavy atom. The average molecular weight is 294 g/mol. The fourth-order valence-electron chi connectivity index (χ4n) is 2.16. The first-order chi connectivity index (χ1) is 9.60. The van der Waals surface area contributed by atoms with Gasteiger partial charge < -0.3 is 15.3 Å². The number of amides is 2. The number of nitrogens with one attached hydrogen (secondary N) is 1. The van der Waals surface area contributed by atoms with Gasteiger partial charge in [-0.1, -0.05) is 12.1 Å². The summed E-state index contributed by atoms with van der Waals surface area (Å²) in [6, 6.07) is 6.48. The summed E-state index contributed by atoms with van der Waals surface area (Å²) in [6.07, 6.45) is 3.11. The van der Waals surface area contributed by atoms with E-state index in [1.807, 2.05) is 4.90 Å². The van der Waals surface area contributed by atoms with Crippen molar-refractivity contribution in [3.05, 3.63) is 35.4 Å². The molecule has 0 spiro atoms. The minimum absolute atomic E-state index is 0.0520. The van der Waals surface area contributed by atoms with Crippen LogP contribution in [0.15, 0.2) is 24.3 Å². The number of aromatic carboxylic acids is 1. The van der Waals surface area contributed by atoms with Gasteiger partial charge in [0.2, 0.25) is 0 Å². The third kappa shape index (κ3) is 3.66. The first kappa shape index (κ1) is 14.7. The average Bonchev–Trinajstić information content (AvgIpc) is 2.94. The van der Waals surface area contributed by atoms with E-state index in [-0.39, 0.29) is 11.6 Å². The Balaban J connectivity index is 1.83. The van der Waals surface area contributed by atoms with E-state index in [1.54, 1.807) is 36.0 Å². The van der Waals surface area contributed by atoms with Crippen molar-refractivity contribution < 1.29 is 14.7 Å². The molecule has 0 bridgehead atoms. The summed E-state index contributed by atoms with van der Waals surface area (Å²) in [5.74, 6) is -0.944. The van der Waals surface area contributed by atoms with E-state index in [1.165, 1.54) is 0 Å². The van der Waals surface area contributed by atoms with Crippen molar-refractivity contribution in [1.82, 2.24) is 10.2 Å². The molecule has 1 aromatic rings. The third-order valence-corrected chi connectivity index (χ3v) is 4.46. The fourth-order valence-corrected chi connectivity index (χ4v) is 2.83. The summed E-state index contributed by atoms with van der Waals surface area (Å²) in [7, 11) is 0. The highest BCUT2D eigenvalue weighted by molar-refractivity contribution is 7.99. The molecule has 1 saturated heterocycles. The molecular weight excluding hydrogens is 276 g/mol. The third-order valence-electron chi connectivity index (χ3n) is 3.41. The van der Waals surface area contributed by atoms with Gasteiger partial charge in [0, 0.05) is 24.9 Å². The molecule has 1 aliphatic heterocycles. The Morgan fingerprint density at radius 3 is 2.65 bits per heavy atom. The molecule has 0 aromatic heterocycles. The molecule has 2 rings (SSSR count). The lowest BCUT2D eigenvalue weighted by Gasteiger charge is -2.17.